The standard InChI is InChI=1S/C21H33N3O8/c1-14-22-32-17(26)23(14)13-11-9-10-12-15(16(25)29-8)24(18(27)30-20(2,3)4)19(28)31-21(5,6)7/h9,11,15H,10,12-13H2,1-8H3/b11-9-/t15-/m1/s1. The molecule has 1 heterocycles. The van der Waals surface area contributed by atoms with Crippen LogP contribution in [0.2, 0.25) is 0 Å². The molecule has 0 fully saturated rings. The van der Waals surface area contributed by atoms with Gasteiger partial charge in [-0.3, -0.25) is 9.09 Å². The lowest BCUT2D eigenvalue weighted by Gasteiger charge is -2.32. The molecule has 0 aliphatic carbocycles. The Labute approximate surface area is 187 Å². The molecule has 0 N–H and O–H groups in total. The van der Waals surface area contributed by atoms with E-state index in [0.29, 0.717) is 17.1 Å². The van der Waals surface area contributed by atoms with E-state index in [1.165, 1.54) is 4.57 Å². The van der Waals surface area contributed by atoms with Crippen LogP contribution in [0.4, 0.5) is 9.59 Å². The van der Waals surface area contributed by atoms with E-state index in [0.717, 1.165) is 7.11 Å². The summed E-state index contributed by atoms with van der Waals surface area (Å²) in [6.45, 7) is 11.7. The van der Waals surface area contributed by atoms with Crippen LogP contribution in [0.25, 0.3) is 0 Å². The predicted octanol–water partition coefficient (Wildman–Crippen LogP) is 3.19. The zero-order chi connectivity index (χ0) is 24.7. The van der Waals surface area contributed by atoms with E-state index in [1.807, 2.05) is 0 Å². The maximum atomic E-state index is 12.8. The number of rotatable bonds is 7. The summed E-state index contributed by atoms with van der Waals surface area (Å²) in [5, 5.41) is 3.57. The number of amides is 2. The number of hydrogen-bond acceptors (Lipinski definition) is 9. The van der Waals surface area contributed by atoms with Crippen LogP contribution >= 0.6 is 0 Å². The Bertz CT molecular complexity index is 858. The van der Waals surface area contributed by atoms with Crippen LogP contribution in [0, 0.1) is 6.92 Å². The first-order valence-corrected chi connectivity index (χ1v) is 10.2. The van der Waals surface area contributed by atoms with Crippen LogP contribution in [0.15, 0.2) is 21.5 Å². The number of hydrogen-bond donors (Lipinski definition) is 0. The van der Waals surface area contributed by atoms with E-state index in [1.54, 1.807) is 60.6 Å². The Hall–Kier alpha value is -3.11. The molecule has 0 aliphatic rings. The summed E-state index contributed by atoms with van der Waals surface area (Å²) in [5.41, 5.74) is -1.80. The number of esters is 1. The Balaban J connectivity index is 3.05. The Morgan fingerprint density at radius 3 is 2.00 bits per heavy atom. The average Bonchev–Trinajstić information content (AvgIpc) is 2.94. The molecule has 1 aromatic heterocycles. The summed E-state index contributed by atoms with van der Waals surface area (Å²) in [6.07, 6.45) is 1.71. The van der Waals surface area contributed by atoms with Gasteiger partial charge in [-0.05, 0) is 61.3 Å². The van der Waals surface area contributed by atoms with Crippen molar-refractivity contribution in [2.75, 3.05) is 7.11 Å². The third kappa shape index (κ3) is 8.56. The number of methoxy groups -OCH3 is 1. The number of carbonyl (C=O) groups is 3. The minimum Gasteiger partial charge on any atom is -0.467 e. The van der Waals surface area contributed by atoms with E-state index in [-0.39, 0.29) is 13.0 Å². The first-order chi connectivity index (χ1) is 14.7. The summed E-state index contributed by atoms with van der Waals surface area (Å²) in [5.74, 6) is -0.949. The molecule has 0 spiro atoms. The highest BCUT2D eigenvalue weighted by Crippen LogP contribution is 2.20. The second-order valence-electron chi connectivity index (χ2n) is 9.02. The van der Waals surface area contributed by atoms with Gasteiger partial charge in [0.25, 0.3) is 0 Å². The fraction of sp³-hybridized carbons (Fsp3) is 0.667. The summed E-state index contributed by atoms with van der Waals surface area (Å²) < 4.78 is 21.3. The van der Waals surface area contributed by atoms with Crippen molar-refractivity contribution in [1.82, 2.24) is 14.6 Å². The number of carbonyl (C=O) groups excluding carboxylic acids is 3. The minimum atomic E-state index is -1.27. The summed E-state index contributed by atoms with van der Waals surface area (Å²) >= 11 is 0. The largest absolute Gasteiger partial charge is 0.467 e. The van der Waals surface area contributed by atoms with Crippen LogP contribution < -0.4 is 5.76 Å². The molecule has 11 heteroatoms. The van der Waals surface area contributed by atoms with Gasteiger partial charge in [0.1, 0.15) is 17.2 Å². The molecule has 1 aromatic rings. The van der Waals surface area contributed by atoms with Crippen LogP contribution in [0.5, 0.6) is 0 Å². The van der Waals surface area contributed by atoms with Crippen LogP contribution in [0.1, 0.15) is 60.2 Å². The molecule has 0 bridgehead atoms. The van der Waals surface area contributed by atoms with Gasteiger partial charge in [-0.1, -0.05) is 17.3 Å². The van der Waals surface area contributed by atoms with Gasteiger partial charge in [0.05, 0.1) is 7.11 Å². The SMILES string of the molecule is COC(=O)[C@@H](CC/C=C\Cn1c(C)noc1=O)N(C(=O)OC(C)(C)C)C(=O)OC(C)(C)C. The van der Waals surface area contributed by atoms with Crippen LogP contribution in [-0.2, 0) is 25.5 Å². The zero-order valence-electron chi connectivity index (χ0n) is 20.0. The van der Waals surface area contributed by atoms with Gasteiger partial charge < -0.3 is 14.2 Å². The number of imide groups is 1. The summed E-state index contributed by atoms with van der Waals surface area (Å²) in [7, 11) is 1.16. The monoisotopic (exact) mass is 455 g/mol. The second-order valence-corrected chi connectivity index (χ2v) is 9.02. The van der Waals surface area contributed by atoms with Gasteiger partial charge in [0, 0.05) is 6.54 Å². The molecular weight excluding hydrogens is 422 g/mol. The smallest absolute Gasteiger partial charge is 0.441 e. The molecule has 32 heavy (non-hydrogen) atoms. The van der Waals surface area contributed by atoms with Crippen molar-refractivity contribution in [3.8, 4) is 0 Å². The Morgan fingerprint density at radius 2 is 1.59 bits per heavy atom. The first kappa shape index (κ1) is 26.9. The van der Waals surface area contributed by atoms with E-state index in [2.05, 4.69) is 9.68 Å². The lowest BCUT2D eigenvalue weighted by molar-refractivity contribution is -0.146. The average molecular weight is 456 g/mol. The quantitative estimate of drug-likeness (QED) is 0.345. The third-order valence-electron chi connectivity index (χ3n) is 3.89. The summed E-state index contributed by atoms with van der Waals surface area (Å²) in [6, 6.07) is -1.27. The van der Waals surface area contributed by atoms with Crippen molar-refractivity contribution >= 4 is 18.2 Å². The number of aromatic nitrogens is 2. The minimum absolute atomic E-state index is 0.0547. The van der Waals surface area contributed by atoms with E-state index < -0.39 is 41.2 Å². The van der Waals surface area contributed by atoms with Crippen LogP contribution in [-0.4, -0.2) is 57.1 Å². The molecule has 0 aliphatic heterocycles. The predicted molar refractivity (Wildman–Crippen MR) is 114 cm³/mol. The lowest BCUT2D eigenvalue weighted by Crippen LogP contribution is -2.52. The molecule has 0 aromatic carbocycles. The molecule has 0 saturated heterocycles. The number of nitrogens with zero attached hydrogens (tertiary/aromatic N) is 3. The van der Waals surface area contributed by atoms with Crippen LogP contribution in [0.3, 0.4) is 0 Å². The molecule has 180 valence electrons. The van der Waals surface area contributed by atoms with Crippen molar-refractivity contribution < 1.29 is 33.1 Å². The number of ether oxygens (including phenoxy) is 3. The summed E-state index contributed by atoms with van der Waals surface area (Å²) in [4.78, 5) is 50.2. The maximum Gasteiger partial charge on any atom is 0.441 e. The first-order valence-electron chi connectivity index (χ1n) is 10.2. The van der Waals surface area contributed by atoms with Gasteiger partial charge in [0.15, 0.2) is 5.82 Å². The molecule has 1 rings (SSSR count). The molecule has 0 unspecified atom stereocenters. The number of allylic oxidation sites excluding steroid dienone is 2. The van der Waals surface area contributed by atoms with Crippen molar-refractivity contribution in [3.05, 3.63) is 28.5 Å². The highest BCUT2D eigenvalue weighted by atomic mass is 16.6. The molecular formula is C21H33N3O8. The molecule has 0 radical (unpaired) electrons. The molecule has 11 nitrogen and oxygen atoms in total. The van der Waals surface area contributed by atoms with Crippen molar-refractivity contribution in [2.24, 2.45) is 0 Å². The maximum absolute atomic E-state index is 12.8. The Morgan fingerprint density at radius 1 is 1.06 bits per heavy atom. The van der Waals surface area contributed by atoms with Crippen molar-refractivity contribution in [2.45, 2.75) is 85.1 Å². The van der Waals surface area contributed by atoms with Gasteiger partial charge >= 0.3 is 23.9 Å². The topological polar surface area (TPSA) is 130 Å². The van der Waals surface area contributed by atoms with Gasteiger partial charge in [-0.15, -0.1) is 0 Å². The fourth-order valence-corrected chi connectivity index (χ4v) is 2.53. The lowest BCUT2D eigenvalue weighted by atomic mass is 10.1. The highest BCUT2D eigenvalue weighted by molar-refractivity contribution is 5.94. The van der Waals surface area contributed by atoms with Crippen molar-refractivity contribution in [3.63, 3.8) is 0 Å². The van der Waals surface area contributed by atoms with Gasteiger partial charge in [-0.25, -0.2) is 19.2 Å². The molecule has 0 saturated carbocycles. The van der Waals surface area contributed by atoms with E-state index in [9.17, 15) is 19.2 Å². The number of aryl methyl sites for hydroxylation is 1. The molecule has 1 atom stereocenters. The van der Waals surface area contributed by atoms with E-state index >= 15 is 0 Å². The normalized spacial score (nSPS) is 13.0. The highest BCUT2D eigenvalue weighted by Gasteiger charge is 2.40. The Kier molecular flexibility index (Phi) is 9.22. The third-order valence-corrected chi connectivity index (χ3v) is 3.89. The van der Waals surface area contributed by atoms with Crippen molar-refractivity contribution in [1.29, 1.82) is 0 Å². The zero-order valence-corrected chi connectivity index (χ0v) is 20.0. The fourth-order valence-electron chi connectivity index (χ4n) is 2.53. The van der Waals surface area contributed by atoms with E-state index in [4.69, 9.17) is 14.2 Å². The van der Waals surface area contributed by atoms with Gasteiger partial charge in [-0.2, -0.15) is 4.90 Å². The second kappa shape index (κ2) is 11.0. The molecule has 2 amide bonds. The van der Waals surface area contributed by atoms with Gasteiger partial charge in [0.2, 0.25) is 0 Å².